The molecule has 0 aromatic rings. The van der Waals surface area contributed by atoms with Gasteiger partial charge in [-0.05, 0) is 57.0 Å². The number of hydrogen-bond donors (Lipinski definition) is 2. The standard InChI is InChI=1S/C15H29N3S/c1-16-15(17-11-6-7-13-19-2)18-12-10-14-8-4-3-5-9-14/h8H,3-7,9-13H2,1-2H3,(H2,16,17,18). The highest BCUT2D eigenvalue weighted by Gasteiger charge is 2.03. The molecule has 0 fully saturated rings. The van der Waals surface area contributed by atoms with Crippen LogP contribution >= 0.6 is 11.8 Å². The van der Waals surface area contributed by atoms with Gasteiger partial charge < -0.3 is 10.6 Å². The van der Waals surface area contributed by atoms with Crippen LogP contribution in [0.4, 0.5) is 0 Å². The zero-order valence-corrected chi connectivity index (χ0v) is 13.3. The van der Waals surface area contributed by atoms with E-state index in [0.717, 1.165) is 25.5 Å². The van der Waals surface area contributed by atoms with Crippen LogP contribution in [0.25, 0.3) is 0 Å². The Morgan fingerprint density at radius 1 is 1.26 bits per heavy atom. The molecule has 1 aliphatic rings. The molecule has 0 unspecified atom stereocenters. The maximum Gasteiger partial charge on any atom is 0.190 e. The van der Waals surface area contributed by atoms with Crippen LogP contribution in [-0.2, 0) is 0 Å². The largest absolute Gasteiger partial charge is 0.356 e. The molecule has 0 atom stereocenters. The molecule has 110 valence electrons. The number of allylic oxidation sites excluding steroid dienone is 1. The fourth-order valence-electron chi connectivity index (χ4n) is 2.27. The third-order valence-corrected chi connectivity index (χ3v) is 4.11. The van der Waals surface area contributed by atoms with E-state index in [1.54, 1.807) is 5.57 Å². The zero-order valence-electron chi connectivity index (χ0n) is 12.5. The summed E-state index contributed by atoms with van der Waals surface area (Å²) in [6.45, 7) is 2.01. The number of rotatable bonds is 8. The lowest BCUT2D eigenvalue weighted by molar-refractivity contribution is 0.663. The first-order chi connectivity index (χ1) is 9.36. The predicted octanol–water partition coefficient (Wildman–Crippen LogP) is 3.19. The van der Waals surface area contributed by atoms with Crippen LogP contribution in [0.1, 0.15) is 44.9 Å². The number of nitrogens with zero attached hydrogens (tertiary/aromatic N) is 1. The molecule has 0 amide bonds. The summed E-state index contributed by atoms with van der Waals surface area (Å²) in [5.74, 6) is 2.20. The Hall–Kier alpha value is -0.640. The molecule has 1 aliphatic carbocycles. The van der Waals surface area contributed by atoms with Crippen LogP contribution in [0.2, 0.25) is 0 Å². The highest BCUT2D eigenvalue weighted by Crippen LogP contribution is 2.19. The van der Waals surface area contributed by atoms with Gasteiger partial charge in [0.1, 0.15) is 0 Å². The van der Waals surface area contributed by atoms with Crippen LogP contribution in [0, 0.1) is 0 Å². The van der Waals surface area contributed by atoms with E-state index in [9.17, 15) is 0 Å². The SMILES string of the molecule is CN=C(NCCCCSC)NCCC1=CCCCC1. The molecule has 0 aromatic heterocycles. The first kappa shape index (κ1) is 16.4. The Morgan fingerprint density at radius 3 is 2.79 bits per heavy atom. The second-order valence-electron chi connectivity index (χ2n) is 4.98. The molecule has 1 rings (SSSR count). The quantitative estimate of drug-likeness (QED) is 0.311. The van der Waals surface area contributed by atoms with E-state index in [0.29, 0.717) is 0 Å². The van der Waals surface area contributed by atoms with Gasteiger partial charge in [0.2, 0.25) is 0 Å². The second kappa shape index (κ2) is 11.2. The second-order valence-corrected chi connectivity index (χ2v) is 5.97. The van der Waals surface area contributed by atoms with E-state index < -0.39 is 0 Å². The molecule has 19 heavy (non-hydrogen) atoms. The molecule has 0 saturated heterocycles. The van der Waals surface area contributed by atoms with Crippen molar-refractivity contribution in [3.63, 3.8) is 0 Å². The number of nitrogens with one attached hydrogen (secondary N) is 2. The van der Waals surface area contributed by atoms with Gasteiger partial charge in [0.25, 0.3) is 0 Å². The van der Waals surface area contributed by atoms with Crippen LogP contribution in [0.5, 0.6) is 0 Å². The number of guanidine groups is 1. The van der Waals surface area contributed by atoms with Crippen molar-refractivity contribution in [1.29, 1.82) is 0 Å². The minimum atomic E-state index is 0.945. The van der Waals surface area contributed by atoms with Crippen molar-refractivity contribution < 1.29 is 0 Å². The Labute approximate surface area is 122 Å². The summed E-state index contributed by atoms with van der Waals surface area (Å²) in [6.07, 6.45) is 13.5. The molecule has 2 N–H and O–H groups in total. The topological polar surface area (TPSA) is 36.4 Å². The fraction of sp³-hybridized carbons (Fsp3) is 0.800. The molecular formula is C15H29N3S. The lowest BCUT2D eigenvalue weighted by atomic mass is 9.97. The normalized spacial score (nSPS) is 16.1. The van der Waals surface area contributed by atoms with E-state index in [-0.39, 0.29) is 0 Å². The zero-order chi connectivity index (χ0) is 13.8. The fourth-order valence-corrected chi connectivity index (χ4v) is 2.76. The average Bonchev–Trinajstić information content (AvgIpc) is 2.46. The third kappa shape index (κ3) is 8.19. The van der Waals surface area contributed by atoms with Gasteiger partial charge >= 0.3 is 0 Å². The Bertz CT molecular complexity index is 287. The summed E-state index contributed by atoms with van der Waals surface area (Å²) in [5, 5.41) is 6.78. The van der Waals surface area contributed by atoms with Crippen molar-refractivity contribution in [2.24, 2.45) is 4.99 Å². The molecule has 3 nitrogen and oxygen atoms in total. The van der Waals surface area contributed by atoms with E-state index in [4.69, 9.17) is 0 Å². The van der Waals surface area contributed by atoms with Crippen LogP contribution in [0.3, 0.4) is 0 Å². The molecule has 0 saturated carbocycles. The molecule has 0 spiro atoms. The van der Waals surface area contributed by atoms with Crippen molar-refractivity contribution in [3.05, 3.63) is 11.6 Å². The van der Waals surface area contributed by atoms with E-state index in [1.165, 1.54) is 44.3 Å². The predicted molar refractivity (Wildman–Crippen MR) is 88.1 cm³/mol. The van der Waals surface area contributed by atoms with Crippen LogP contribution in [-0.4, -0.2) is 38.1 Å². The molecule has 0 aliphatic heterocycles. The smallest absolute Gasteiger partial charge is 0.190 e. The lowest BCUT2D eigenvalue weighted by Gasteiger charge is -2.15. The first-order valence-electron chi connectivity index (χ1n) is 7.48. The van der Waals surface area contributed by atoms with Gasteiger partial charge in [-0.2, -0.15) is 11.8 Å². The Balaban J connectivity index is 2.06. The van der Waals surface area contributed by atoms with Crippen molar-refractivity contribution >= 4 is 17.7 Å². The number of hydrogen-bond acceptors (Lipinski definition) is 2. The minimum absolute atomic E-state index is 0.945. The number of thioether (sulfide) groups is 1. The van der Waals surface area contributed by atoms with Crippen molar-refractivity contribution in [2.45, 2.75) is 44.9 Å². The minimum Gasteiger partial charge on any atom is -0.356 e. The van der Waals surface area contributed by atoms with Gasteiger partial charge in [0.15, 0.2) is 5.96 Å². The average molecular weight is 283 g/mol. The Morgan fingerprint density at radius 2 is 2.11 bits per heavy atom. The Kier molecular flexibility index (Phi) is 9.68. The van der Waals surface area contributed by atoms with Gasteiger partial charge in [0.05, 0.1) is 0 Å². The monoisotopic (exact) mass is 283 g/mol. The number of unbranched alkanes of at least 4 members (excludes halogenated alkanes) is 1. The highest BCUT2D eigenvalue weighted by molar-refractivity contribution is 7.98. The molecule has 0 heterocycles. The third-order valence-electron chi connectivity index (χ3n) is 3.41. The van der Waals surface area contributed by atoms with E-state index in [2.05, 4.69) is 28.0 Å². The van der Waals surface area contributed by atoms with Gasteiger partial charge in [0, 0.05) is 20.1 Å². The van der Waals surface area contributed by atoms with Crippen molar-refractivity contribution in [3.8, 4) is 0 Å². The maximum absolute atomic E-state index is 4.26. The van der Waals surface area contributed by atoms with E-state index >= 15 is 0 Å². The molecular weight excluding hydrogens is 254 g/mol. The summed E-state index contributed by atoms with van der Waals surface area (Å²) in [5.41, 5.74) is 1.62. The highest BCUT2D eigenvalue weighted by atomic mass is 32.2. The molecule has 4 heteroatoms. The summed E-state index contributed by atoms with van der Waals surface area (Å²) in [6, 6.07) is 0. The maximum atomic E-state index is 4.26. The van der Waals surface area contributed by atoms with Crippen LogP contribution in [0.15, 0.2) is 16.6 Å². The van der Waals surface area contributed by atoms with Crippen LogP contribution < -0.4 is 10.6 Å². The lowest BCUT2D eigenvalue weighted by Crippen LogP contribution is -2.38. The molecule has 0 radical (unpaired) electrons. The molecule has 0 bridgehead atoms. The van der Waals surface area contributed by atoms with Gasteiger partial charge in [-0.15, -0.1) is 0 Å². The first-order valence-corrected chi connectivity index (χ1v) is 8.87. The van der Waals surface area contributed by atoms with Gasteiger partial charge in [-0.3, -0.25) is 4.99 Å². The summed E-state index contributed by atoms with van der Waals surface area (Å²) >= 11 is 1.92. The summed E-state index contributed by atoms with van der Waals surface area (Å²) in [4.78, 5) is 4.26. The van der Waals surface area contributed by atoms with E-state index in [1.807, 2.05) is 18.8 Å². The molecule has 0 aromatic carbocycles. The van der Waals surface area contributed by atoms with Gasteiger partial charge in [-0.1, -0.05) is 11.6 Å². The summed E-state index contributed by atoms with van der Waals surface area (Å²) in [7, 11) is 1.84. The van der Waals surface area contributed by atoms with Gasteiger partial charge in [-0.25, -0.2) is 0 Å². The summed E-state index contributed by atoms with van der Waals surface area (Å²) < 4.78 is 0. The van der Waals surface area contributed by atoms with Crippen molar-refractivity contribution in [1.82, 2.24) is 10.6 Å². The van der Waals surface area contributed by atoms with Crippen molar-refractivity contribution in [2.75, 3.05) is 32.1 Å². The number of aliphatic imine (C=N–C) groups is 1.